The van der Waals surface area contributed by atoms with Crippen LogP contribution in [0, 0.1) is 0 Å². The number of carbonyl (C=O) groups excluding carboxylic acids is 3. The van der Waals surface area contributed by atoms with Gasteiger partial charge < -0.3 is 4.74 Å². The van der Waals surface area contributed by atoms with Gasteiger partial charge >= 0.3 is 5.97 Å². The second-order valence-electron chi connectivity index (χ2n) is 3.82. The second-order valence-corrected chi connectivity index (χ2v) is 6.62. The van der Waals surface area contributed by atoms with Gasteiger partial charge in [-0.3, -0.25) is 9.59 Å². The van der Waals surface area contributed by atoms with E-state index in [2.05, 4.69) is 0 Å². The number of ether oxygens (including phenoxy) is 1. The molecule has 0 radical (unpaired) electrons. The Morgan fingerprint density at radius 3 is 2.25 bits per heavy atom. The number of rotatable bonds is 5. The van der Waals surface area contributed by atoms with Gasteiger partial charge in [-0.1, -0.05) is 11.6 Å². The summed E-state index contributed by atoms with van der Waals surface area (Å²) in [7, 11) is 0. The summed E-state index contributed by atoms with van der Waals surface area (Å²) in [5.41, 5.74) is 0. The number of hydrogen-bond acceptors (Lipinski definition) is 6. The lowest BCUT2D eigenvalue weighted by molar-refractivity contribution is 0.0480. The second kappa shape index (κ2) is 6.30. The molecule has 0 aliphatic heterocycles. The topological polar surface area (TPSA) is 60.4 Å². The van der Waals surface area contributed by atoms with Crippen molar-refractivity contribution in [2.75, 3.05) is 6.61 Å². The lowest BCUT2D eigenvalue weighted by Crippen LogP contribution is -2.12. The van der Waals surface area contributed by atoms with Gasteiger partial charge in [0.2, 0.25) is 5.78 Å². The first-order valence-electron chi connectivity index (χ1n) is 5.54. The van der Waals surface area contributed by atoms with Gasteiger partial charge in [0.05, 0.1) is 14.1 Å². The molecule has 7 heteroatoms. The highest BCUT2D eigenvalue weighted by atomic mass is 35.5. The third-order valence-electron chi connectivity index (χ3n) is 2.34. The minimum absolute atomic E-state index is 0.113. The average Bonchev–Trinajstić information content (AvgIpc) is 3.04. The third kappa shape index (κ3) is 3.53. The fraction of sp³-hybridized carbons (Fsp3) is 0.154. The Labute approximate surface area is 127 Å². The summed E-state index contributed by atoms with van der Waals surface area (Å²) < 4.78 is 5.42. The Hall–Kier alpha value is -1.50. The van der Waals surface area contributed by atoms with Gasteiger partial charge in [-0.05, 0) is 31.2 Å². The van der Waals surface area contributed by atoms with Gasteiger partial charge in [-0.2, -0.15) is 0 Å². The summed E-state index contributed by atoms with van der Waals surface area (Å²) in [4.78, 5) is 35.8. The molecule has 0 saturated carbocycles. The number of carbonyl (C=O) groups is 3. The van der Waals surface area contributed by atoms with E-state index in [4.69, 9.17) is 16.3 Å². The van der Waals surface area contributed by atoms with E-state index < -0.39 is 5.97 Å². The zero-order valence-corrected chi connectivity index (χ0v) is 12.7. The summed E-state index contributed by atoms with van der Waals surface area (Å²) >= 11 is 7.90. The Balaban J connectivity index is 1.94. The van der Waals surface area contributed by atoms with Crippen molar-refractivity contribution in [2.45, 2.75) is 6.92 Å². The number of Topliss-reactive ketones (excluding diaryl/α,β-unsaturated/α-hetero) is 2. The number of thiophene rings is 2. The quantitative estimate of drug-likeness (QED) is 0.620. The van der Waals surface area contributed by atoms with Gasteiger partial charge in [-0.15, -0.1) is 22.7 Å². The average molecular weight is 329 g/mol. The molecule has 0 amide bonds. The van der Waals surface area contributed by atoms with Crippen LogP contribution in [0.1, 0.15) is 35.9 Å². The molecule has 0 aromatic carbocycles. The van der Waals surface area contributed by atoms with Crippen LogP contribution >= 0.6 is 34.3 Å². The van der Waals surface area contributed by atoms with Gasteiger partial charge in [0.1, 0.15) is 4.88 Å². The van der Waals surface area contributed by atoms with Gasteiger partial charge in [0.25, 0.3) is 0 Å². The van der Waals surface area contributed by atoms with Crippen LogP contribution in [0.3, 0.4) is 0 Å². The Morgan fingerprint density at radius 1 is 1.05 bits per heavy atom. The van der Waals surface area contributed by atoms with Crippen molar-refractivity contribution < 1.29 is 19.1 Å². The number of halogens is 1. The molecule has 0 spiro atoms. The summed E-state index contributed by atoms with van der Waals surface area (Å²) in [5, 5.41) is 0. The number of ketones is 2. The van der Waals surface area contributed by atoms with Crippen molar-refractivity contribution in [3.63, 3.8) is 0 Å². The van der Waals surface area contributed by atoms with E-state index in [0.29, 0.717) is 19.0 Å². The Morgan fingerprint density at radius 2 is 1.70 bits per heavy atom. The standard InChI is InChI=1S/C13H9ClO4S2/c1-7(15)9-2-3-11(19-9)13(17)18-6-8(16)10-4-5-12(14)20-10/h2-5H,6H2,1H3. The molecule has 0 saturated heterocycles. The molecule has 0 atom stereocenters. The van der Waals surface area contributed by atoms with Crippen molar-refractivity contribution in [3.8, 4) is 0 Å². The van der Waals surface area contributed by atoms with E-state index in [1.165, 1.54) is 13.0 Å². The predicted molar refractivity (Wildman–Crippen MR) is 78.3 cm³/mol. The van der Waals surface area contributed by atoms with Crippen molar-refractivity contribution in [1.29, 1.82) is 0 Å². The maximum absolute atomic E-state index is 11.7. The highest BCUT2D eigenvalue weighted by Crippen LogP contribution is 2.22. The maximum atomic E-state index is 11.7. The predicted octanol–water partition coefficient (Wildman–Crippen LogP) is 3.71. The zero-order chi connectivity index (χ0) is 14.7. The first-order chi connectivity index (χ1) is 9.47. The van der Waals surface area contributed by atoms with Crippen LogP contribution < -0.4 is 0 Å². The first-order valence-corrected chi connectivity index (χ1v) is 7.55. The maximum Gasteiger partial charge on any atom is 0.348 e. The number of esters is 1. The fourth-order valence-corrected chi connectivity index (χ4v) is 3.14. The molecule has 4 nitrogen and oxygen atoms in total. The van der Waals surface area contributed by atoms with Crippen LogP contribution in [0.25, 0.3) is 0 Å². The lowest BCUT2D eigenvalue weighted by Gasteiger charge is -2.00. The molecule has 0 unspecified atom stereocenters. The normalized spacial score (nSPS) is 10.3. The minimum Gasteiger partial charge on any atom is -0.453 e. The van der Waals surface area contributed by atoms with E-state index >= 15 is 0 Å². The summed E-state index contributed by atoms with van der Waals surface area (Å²) in [6.45, 7) is 1.08. The zero-order valence-electron chi connectivity index (χ0n) is 10.3. The minimum atomic E-state index is -0.612. The molecule has 0 aliphatic carbocycles. The largest absolute Gasteiger partial charge is 0.453 e. The highest BCUT2D eigenvalue weighted by Gasteiger charge is 2.16. The van der Waals surface area contributed by atoms with Crippen molar-refractivity contribution in [2.24, 2.45) is 0 Å². The van der Waals surface area contributed by atoms with E-state index in [0.717, 1.165) is 22.7 Å². The fourth-order valence-electron chi connectivity index (χ4n) is 1.37. The van der Waals surface area contributed by atoms with Crippen molar-refractivity contribution in [3.05, 3.63) is 43.2 Å². The van der Waals surface area contributed by atoms with Crippen LogP contribution in [0.15, 0.2) is 24.3 Å². The molecule has 0 N–H and O–H groups in total. The SMILES string of the molecule is CC(=O)c1ccc(C(=O)OCC(=O)c2ccc(Cl)s2)s1. The van der Waals surface area contributed by atoms with Gasteiger partial charge in [0, 0.05) is 0 Å². The van der Waals surface area contributed by atoms with E-state index in [9.17, 15) is 14.4 Å². The molecule has 2 rings (SSSR count). The van der Waals surface area contributed by atoms with Gasteiger partial charge in [0.15, 0.2) is 12.4 Å². The van der Waals surface area contributed by atoms with Crippen LogP contribution in [0.4, 0.5) is 0 Å². The third-order valence-corrected chi connectivity index (χ3v) is 4.77. The Kier molecular flexibility index (Phi) is 4.69. The van der Waals surface area contributed by atoms with Crippen molar-refractivity contribution >= 4 is 51.8 Å². The Bertz CT molecular complexity index is 671. The molecule has 20 heavy (non-hydrogen) atoms. The van der Waals surface area contributed by atoms with E-state index in [1.807, 2.05) is 0 Å². The molecule has 104 valence electrons. The van der Waals surface area contributed by atoms with Crippen LogP contribution in [0.5, 0.6) is 0 Å². The van der Waals surface area contributed by atoms with Crippen LogP contribution in [-0.2, 0) is 4.74 Å². The first kappa shape index (κ1) is 14.9. The van der Waals surface area contributed by atoms with Crippen molar-refractivity contribution in [1.82, 2.24) is 0 Å². The van der Waals surface area contributed by atoms with Crippen LogP contribution in [-0.4, -0.2) is 24.1 Å². The smallest absolute Gasteiger partial charge is 0.348 e. The molecule has 0 aliphatic rings. The molecule has 2 heterocycles. The summed E-state index contributed by atoms with van der Waals surface area (Å²) in [6, 6.07) is 6.27. The molecule has 2 aromatic heterocycles. The van der Waals surface area contributed by atoms with Crippen LogP contribution in [0.2, 0.25) is 4.34 Å². The van der Waals surface area contributed by atoms with Gasteiger partial charge in [-0.25, -0.2) is 4.79 Å². The monoisotopic (exact) mass is 328 g/mol. The molecular weight excluding hydrogens is 320 g/mol. The van der Waals surface area contributed by atoms with E-state index in [-0.39, 0.29) is 18.2 Å². The molecule has 0 bridgehead atoms. The van der Waals surface area contributed by atoms with E-state index in [1.54, 1.807) is 18.2 Å². The highest BCUT2D eigenvalue weighted by molar-refractivity contribution is 7.18. The summed E-state index contributed by atoms with van der Waals surface area (Å²) in [6.07, 6.45) is 0. The lowest BCUT2D eigenvalue weighted by atomic mass is 10.3. The molecule has 2 aromatic rings. The number of hydrogen-bond donors (Lipinski definition) is 0. The molecular formula is C13H9ClO4S2. The summed E-state index contributed by atoms with van der Waals surface area (Å²) in [5.74, 6) is -1.03. The molecule has 0 fully saturated rings.